The maximum Gasteiger partial charge on any atom is 0.223 e. The Hall–Kier alpha value is -1.57. The summed E-state index contributed by atoms with van der Waals surface area (Å²) >= 11 is 0. The van der Waals surface area contributed by atoms with Crippen LogP contribution in [0.3, 0.4) is 0 Å². The van der Waals surface area contributed by atoms with Gasteiger partial charge in [0.05, 0.1) is 5.56 Å². The summed E-state index contributed by atoms with van der Waals surface area (Å²) in [5, 5.41) is 3.22. The van der Waals surface area contributed by atoms with E-state index in [0.29, 0.717) is 38.9 Å². The summed E-state index contributed by atoms with van der Waals surface area (Å²) in [5.41, 5.74) is -0.155. The number of hydrogen-bond donors (Lipinski definition) is 1. The van der Waals surface area contributed by atoms with E-state index in [1.54, 1.807) is 0 Å². The summed E-state index contributed by atoms with van der Waals surface area (Å²) in [6.07, 6.45) is 1.70. The lowest BCUT2D eigenvalue weighted by atomic mass is 9.88. The molecule has 0 aromatic heterocycles. The molecule has 1 aromatic carbocycles. The molecule has 150 valence electrons. The van der Waals surface area contributed by atoms with E-state index in [-0.39, 0.29) is 35.6 Å². The third-order valence-electron chi connectivity index (χ3n) is 5.26. The number of amides is 1. The molecular formula is C19H26ClF2N3O2. The highest BCUT2D eigenvalue weighted by Crippen LogP contribution is 2.23. The Morgan fingerprint density at radius 2 is 1.74 bits per heavy atom. The fraction of sp³-hybridized carbons (Fsp3) is 0.579. The zero-order valence-electron chi connectivity index (χ0n) is 15.3. The second-order valence-corrected chi connectivity index (χ2v) is 6.99. The maximum absolute atomic E-state index is 13.8. The van der Waals surface area contributed by atoms with Crippen molar-refractivity contribution in [2.75, 3.05) is 45.8 Å². The fourth-order valence-electron chi connectivity index (χ4n) is 3.65. The smallest absolute Gasteiger partial charge is 0.223 e. The first-order valence-electron chi connectivity index (χ1n) is 9.24. The number of hydrogen-bond acceptors (Lipinski definition) is 4. The van der Waals surface area contributed by atoms with E-state index in [1.165, 1.54) is 0 Å². The lowest BCUT2D eigenvalue weighted by molar-refractivity contribution is -0.132. The van der Waals surface area contributed by atoms with E-state index in [4.69, 9.17) is 0 Å². The topological polar surface area (TPSA) is 52.7 Å². The number of likely N-dealkylation sites (tertiary alicyclic amines) is 1. The van der Waals surface area contributed by atoms with Crippen LogP contribution in [-0.4, -0.2) is 67.3 Å². The van der Waals surface area contributed by atoms with E-state index >= 15 is 0 Å². The van der Waals surface area contributed by atoms with Crippen LogP contribution in [0.25, 0.3) is 0 Å². The molecule has 0 bridgehead atoms. The summed E-state index contributed by atoms with van der Waals surface area (Å²) < 4.78 is 27.1. The number of nitrogens with zero attached hydrogens (tertiary/aromatic N) is 2. The molecule has 2 fully saturated rings. The zero-order chi connectivity index (χ0) is 18.5. The van der Waals surface area contributed by atoms with E-state index in [0.717, 1.165) is 44.4 Å². The van der Waals surface area contributed by atoms with E-state index < -0.39 is 11.6 Å². The van der Waals surface area contributed by atoms with Gasteiger partial charge in [0.2, 0.25) is 5.91 Å². The van der Waals surface area contributed by atoms with Gasteiger partial charge in [0.25, 0.3) is 0 Å². The van der Waals surface area contributed by atoms with Crippen LogP contribution in [0.5, 0.6) is 0 Å². The van der Waals surface area contributed by atoms with Crippen molar-refractivity contribution in [3.8, 4) is 0 Å². The SMILES string of the molecule is Cl.O=C(c1cc(F)ccc1F)C1CCN(CCC(=O)N2CCNCC2)CC1. The van der Waals surface area contributed by atoms with Gasteiger partial charge in [-0.15, -0.1) is 12.4 Å². The largest absolute Gasteiger partial charge is 0.340 e. The van der Waals surface area contributed by atoms with Crippen molar-refractivity contribution in [1.82, 2.24) is 15.1 Å². The fourth-order valence-corrected chi connectivity index (χ4v) is 3.65. The molecule has 0 aliphatic carbocycles. The number of halogens is 3. The predicted octanol–water partition coefficient (Wildman–Crippen LogP) is 2.10. The minimum absolute atomic E-state index is 0. The Morgan fingerprint density at radius 3 is 2.41 bits per heavy atom. The van der Waals surface area contributed by atoms with Crippen molar-refractivity contribution in [3.05, 3.63) is 35.4 Å². The molecule has 2 saturated heterocycles. The molecule has 0 radical (unpaired) electrons. The standard InChI is InChI=1S/C19H25F2N3O2.ClH/c20-15-1-2-17(21)16(13-15)19(26)14-3-8-23(9-4-14)10-5-18(25)24-11-6-22-7-12-24;/h1-2,13-14,22H,3-12H2;1H. The van der Waals surface area contributed by atoms with Gasteiger partial charge in [-0.1, -0.05) is 0 Å². The maximum atomic E-state index is 13.8. The molecule has 1 aromatic rings. The number of piperidine rings is 1. The van der Waals surface area contributed by atoms with Crippen LogP contribution < -0.4 is 5.32 Å². The summed E-state index contributed by atoms with van der Waals surface area (Å²) in [5.74, 6) is -1.70. The Kier molecular flexibility index (Phi) is 8.13. The number of rotatable bonds is 5. The lowest BCUT2D eigenvalue weighted by Gasteiger charge is -2.32. The average molecular weight is 402 g/mol. The Bertz CT molecular complexity index is 660. The molecule has 0 unspecified atom stereocenters. The van der Waals surface area contributed by atoms with Crippen molar-refractivity contribution in [2.24, 2.45) is 5.92 Å². The van der Waals surface area contributed by atoms with Crippen LogP contribution in [0.15, 0.2) is 18.2 Å². The zero-order valence-corrected chi connectivity index (χ0v) is 16.1. The van der Waals surface area contributed by atoms with Crippen molar-refractivity contribution < 1.29 is 18.4 Å². The highest BCUT2D eigenvalue weighted by atomic mass is 35.5. The number of carbonyl (C=O) groups excluding carboxylic acids is 2. The normalized spacial score (nSPS) is 18.8. The second-order valence-electron chi connectivity index (χ2n) is 6.99. The molecule has 8 heteroatoms. The molecule has 5 nitrogen and oxygen atoms in total. The van der Waals surface area contributed by atoms with Gasteiger partial charge in [0, 0.05) is 45.1 Å². The van der Waals surface area contributed by atoms with Crippen LogP contribution in [0, 0.1) is 17.6 Å². The first-order valence-corrected chi connectivity index (χ1v) is 9.24. The van der Waals surface area contributed by atoms with Gasteiger partial charge in [0.15, 0.2) is 5.78 Å². The monoisotopic (exact) mass is 401 g/mol. The number of ketones is 1. The molecule has 2 heterocycles. The highest BCUT2D eigenvalue weighted by Gasteiger charge is 2.28. The van der Waals surface area contributed by atoms with Gasteiger partial charge in [-0.3, -0.25) is 9.59 Å². The summed E-state index contributed by atoms with van der Waals surface area (Å²) in [7, 11) is 0. The lowest BCUT2D eigenvalue weighted by Crippen LogP contribution is -2.47. The number of Topliss-reactive ketones (excluding diaryl/α,β-unsaturated/α-hetero) is 1. The Balaban J connectivity index is 0.00000261. The van der Waals surface area contributed by atoms with Crippen molar-refractivity contribution in [3.63, 3.8) is 0 Å². The number of carbonyl (C=O) groups is 2. The predicted molar refractivity (Wildman–Crippen MR) is 101 cm³/mol. The molecule has 1 N–H and O–H groups in total. The van der Waals surface area contributed by atoms with Crippen LogP contribution in [-0.2, 0) is 4.79 Å². The molecule has 2 aliphatic heterocycles. The number of piperazine rings is 1. The molecule has 3 rings (SSSR count). The van der Waals surface area contributed by atoms with Crippen molar-refractivity contribution in [2.45, 2.75) is 19.3 Å². The van der Waals surface area contributed by atoms with Gasteiger partial charge in [-0.05, 0) is 44.1 Å². The van der Waals surface area contributed by atoms with Gasteiger partial charge in [-0.2, -0.15) is 0 Å². The van der Waals surface area contributed by atoms with Gasteiger partial charge in [0.1, 0.15) is 11.6 Å². The first-order chi connectivity index (χ1) is 12.5. The molecular weight excluding hydrogens is 376 g/mol. The second kappa shape index (κ2) is 10.1. The average Bonchev–Trinajstić information content (AvgIpc) is 2.68. The van der Waals surface area contributed by atoms with Crippen molar-refractivity contribution >= 4 is 24.1 Å². The van der Waals surface area contributed by atoms with Gasteiger partial charge in [-0.25, -0.2) is 8.78 Å². The van der Waals surface area contributed by atoms with Crippen LogP contribution in [0.2, 0.25) is 0 Å². The third-order valence-corrected chi connectivity index (χ3v) is 5.26. The van der Waals surface area contributed by atoms with Gasteiger partial charge < -0.3 is 15.1 Å². The Labute approximate surface area is 164 Å². The molecule has 1 amide bonds. The molecule has 0 saturated carbocycles. The van der Waals surface area contributed by atoms with Gasteiger partial charge >= 0.3 is 0 Å². The Morgan fingerprint density at radius 1 is 1.07 bits per heavy atom. The number of nitrogens with one attached hydrogen (secondary N) is 1. The minimum atomic E-state index is -0.666. The summed E-state index contributed by atoms with van der Waals surface area (Å²) in [6.45, 7) is 5.28. The van der Waals surface area contributed by atoms with Crippen molar-refractivity contribution in [1.29, 1.82) is 0 Å². The third kappa shape index (κ3) is 5.70. The summed E-state index contributed by atoms with van der Waals surface area (Å²) in [4.78, 5) is 28.7. The number of benzene rings is 1. The summed E-state index contributed by atoms with van der Waals surface area (Å²) in [6, 6.07) is 3.00. The first kappa shape index (κ1) is 21.7. The minimum Gasteiger partial charge on any atom is -0.340 e. The van der Waals surface area contributed by atoms with E-state index in [9.17, 15) is 18.4 Å². The van der Waals surface area contributed by atoms with E-state index in [1.807, 2.05) is 4.90 Å². The van der Waals surface area contributed by atoms with Crippen LogP contribution in [0.1, 0.15) is 29.6 Å². The molecule has 0 atom stereocenters. The van der Waals surface area contributed by atoms with Crippen LogP contribution in [0.4, 0.5) is 8.78 Å². The molecule has 2 aliphatic rings. The highest BCUT2D eigenvalue weighted by molar-refractivity contribution is 5.98. The molecule has 27 heavy (non-hydrogen) atoms. The van der Waals surface area contributed by atoms with E-state index in [2.05, 4.69) is 10.2 Å². The van der Waals surface area contributed by atoms with Crippen LogP contribution >= 0.6 is 12.4 Å². The molecule has 0 spiro atoms. The quantitative estimate of drug-likeness (QED) is 0.768.